The van der Waals surface area contributed by atoms with Gasteiger partial charge in [0.15, 0.2) is 10.8 Å². The van der Waals surface area contributed by atoms with E-state index in [1.165, 1.54) is 11.8 Å². The molecule has 2 aliphatic rings. The molecule has 152 valence electrons. The number of pyridine rings is 1. The maximum Gasteiger partial charge on any atom is 0.196 e. The van der Waals surface area contributed by atoms with Crippen molar-refractivity contribution < 1.29 is 0 Å². The highest BCUT2D eigenvalue weighted by atomic mass is 35.5. The maximum absolute atomic E-state index is 6.72. The molecule has 2 saturated heterocycles. The first-order valence-electron chi connectivity index (χ1n) is 10.0. The monoisotopic (exact) mass is 438 g/mol. The molecule has 8 nitrogen and oxygen atoms in total. The molecule has 2 fully saturated rings. The van der Waals surface area contributed by atoms with Crippen molar-refractivity contribution in [2.75, 3.05) is 24.5 Å². The van der Waals surface area contributed by atoms with E-state index in [9.17, 15) is 0 Å². The highest BCUT2D eigenvalue weighted by Gasteiger charge is 2.40. The van der Waals surface area contributed by atoms with Crippen molar-refractivity contribution in [2.24, 2.45) is 5.92 Å². The van der Waals surface area contributed by atoms with Gasteiger partial charge in [0, 0.05) is 60.8 Å². The first kappa shape index (κ1) is 18.3. The van der Waals surface area contributed by atoms with E-state index in [1.54, 1.807) is 18.6 Å². The maximum atomic E-state index is 6.72. The summed E-state index contributed by atoms with van der Waals surface area (Å²) in [7, 11) is 0. The van der Waals surface area contributed by atoms with E-state index in [-0.39, 0.29) is 0 Å². The number of anilines is 1. The molecule has 0 unspecified atom stereocenters. The minimum absolute atomic E-state index is 0.540. The van der Waals surface area contributed by atoms with Crippen molar-refractivity contribution >= 4 is 51.4 Å². The number of rotatable bonds is 4. The van der Waals surface area contributed by atoms with Crippen LogP contribution in [0.4, 0.5) is 5.82 Å². The lowest BCUT2D eigenvalue weighted by Crippen LogP contribution is -2.51. The minimum Gasteiger partial charge on any atom is -0.354 e. The van der Waals surface area contributed by atoms with Crippen LogP contribution < -0.4 is 10.2 Å². The molecule has 4 aromatic heterocycles. The summed E-state index contributed by atoms with van der Waals surface area (Å²) in [6.45, 7) is 5.09. The van der Waals surface area contributed by atoms with Crippen LogP contribution in [0.25, 0.3) is 22.2 Å². The second-order valence-corrected chi connectivity index (χ2v) is 9.10. The normalized spacial score (nSPS) is 20.7. The summed E-state index contributed by atoms with van der Waals surface area (Å²) >= 11 is 8.19. The Morgan fingerprint density at radius 2 is 2.10 bits per heavy atom. The third-order valence-corrected chi connectivity index (χ3v) is 7.11. The fourth-order valence-corrected chi connectivity index (χ4v) is 5.32. The SMILES string of the molecule is CCc1[nH]c2nc(Sc3cnc4nccnc4c3)nc(N3C[C@H]4CN[C@H]4C3)c2c1Cl. The van der Waals surface area contributed by atoms with E-state index < -0.39 is 0 Å². The van der Waals surface area contributed by atoms with Crippen LogP contribution in [0.1, 0.15) is 12.6 Å². The van der Waals surface area contributed by atoms with E-state index in [0.29, 0.717) is 22.8 Å². The van der Waals surface area contributed by atoms with Gasteiger partial charge in [0.25, 0.3) is 0 Å². The molecule has 4 aromatic rings. The zero-order valence-corrected chi connectivity index (χ0v) is 17.8. The van der Waals surface area contributed by atoms with Gasteiger partial charge >= 0.3 is 0 Å². The minimum atomic E-state index is 0.540. The zero-order chi connectivity index (χ0) is 20.2. The number of aryl methyl sites for hydroxylation is 1. The molecular weight excluding hydrogens is 420 g/mol. The van der Waals surface area contributed by atoms with Crippen molar-refractivity contribution in [1.29, 1.82) is 0 Å². The molecule has 6 heterocycles. The summed E-state index contributed by atoms with van der Waals surface area (Å²) < 4.78 is 0. The van der Waals surface area contributed by atoms with Crippen LogP contribution in [0.5, 0.6) is 0 Å². The van der Waals surface area contributed by atoms with Gasteiger partial charge in [-0.25, -0.2) is 19.9 Å². The fraction of sp³-hybridized carbons (Fsp3) is 0.350. The van der Waals surface area contributed by atoms with Gasteiger partial charge in [0.2, 0.25) is 0 Å². The number of H-pyrrole nitrogens is 1. The molecule has 0 amide bonds. The van der Waals surface area contributed by atoms with Crippen LogP contribution in [-0.2, 0) is 6.42 Å². The summed E-state index contributed by atoms with van der Waals surface area (Å²) in [5.41, 5.74) is 3.15. The van der Waals surface area contributed by atoms with Crippen LogP contribution in [0.2, 0.25) is 5.02 Å². The Balaban J connectivity index is 1.43. The van der Waals surface area contributed by atoms with Crippen molar-refractivity contribution in [2.45, 2.75) is 29.4 Å². The first-order valence-corrected chi connectivity index (χ1v) is 11.2. The lowest BCUT2D eigenvalue weighted by atomic mass is 9.96. The van der Waals surface area contributed by atoms with Crippen LogP contribution in [0, 0.1) is 5.92 Å². The summed E-state index contributed by atoms with van der Waals surface area (Å²) in [4.78, 5) is 29.4. The average Bonchev–Trinajstić information content (AvgIpc) is 3.23. The molecular formula is C20H19ClN8S. The molecule has 2 atom stereocenters. The Labute approximate surface area is 181 Å². The van der Waals surface area contributed by atoms with E-state index in [4.69, 9.17) is 21.6 Å². The molecule has 0 saturated carbocycles. The molecule has 10 heteroatoms. The third-order valence-electron chi connectivity index (χ3n) is 5.87. The quantitative estimate of drug-likeness (QED) is 0.469. The Bertz CT molecular complexity index is 1260. The smallest absolute Gasteiger partial charge is 0.196 e. The zero-order valence-electron chi connectivity index (χ0n) is 16.3. The highest BCUT2D eigenvalue weighted by Crippen LogP contribution is 2.39. The number of nitrogens with zero attached hydrogens (tertiary/aromatic N) is 6. The number of nitrogens with one attached hydrogen (secondary N) is 2. The molecule has 6 rings (SSSR count). The molecule has 0 aliphatic carbocycles. The van der Waals surface area contributed by atoms with Gasteiger partial charge in [0.05, 0.1) is 10.4 Å². The Kier molecular flexibility index (Phi) is 4.29. The van der Waals surface area contributed by atoms with Gasteiger partial charge in [-0.2, -0.15) is 0 Å². The third kappa shape index (κ3) is 2.91. The second-order valence-electron chi connectivity index (χ2n) is 7.68. The molecule has 2 N–H and O–H groups in total. The Hall–Kier alpha value is -2.49. The van der Waals surface area contributed by atoms with E-state index in [2.05, 4.69) is 37.1 Å². The number of fused-ring (bicyclic) bond motifs is 3. The Morgan fingerprint density at radius 3 is 2.87 bits per heavy atom. The number of aromatic amines is 1. The lowest BCUT2D eigenvalue weighted by Gasteiger charge is -2.29. The van der Waals surface area contributed by atoms with Crippen LogP contribution >= 0.6 is 23.4 Å². The van der Waals surface area contributed by atoms with E-state index in [0.717, 1.165) is 64.0 Å². The van der Waals surface area contributed by atoms with Gasteiger partial charge in [-0.3, -0.25) is 4.98 Å². The molecule has 30 heavy (non-hydrogen) atoms. The molecule has 0 aromatic carbocycles. The van der Waals surface area contributed by atoms with Crippen molar-refractivity contribution in [3.8, 4) is 0 Å². The van der Waals surface area contributed by atoms with E-state index in [1.807, 2.05) is 6.07 Å². The highest BCUT2D eigenvalue weighted by molar-refractivity contribution is 7.99. The number of hydrogen-bond donors (Lipinski definition) is 2. The summed E-state index contributed by atoms with van der Waals surface area (Å²) in [6.07, 6.45) is 5.91. The number of hydrogen-bond acceptors (Lipinski definition) is 8. The van der Waals surface area contributed by atoms with Gasteiger partial charge in [-0.15, -0.1) is 0 Å². The van der Waals surface area contributed by atoms with Crippen molar-refractivity contribution in [1.82, 2.24) is 35.2 Å². The van der Waals surface area contributed by atoms with Gasteiger partial charge in [-0.1, -0.05) is 18.5 Å². The van der Waals surface area contributed by atoms with Crippen LogP contribution in [0.15, 0.2) is 34.7 Å². The standard InChI is InChI=1S/C20H19ClN8S/c1-2-12-16(21)15-18(26-12)27-20(28-19(15)29-8-10-6-24-14(10)9-29)30-11-5-13-17(25-7-11)23-4-3-22-13/h3-5,7,10,14,24H,2,6,8-9H2,1H3,(H,26,27,28)/t10-,14+/m1/s1. The summed E-state index contributed by atoms with van der Waals surface area (Å²) in [5.74, 6) is 1.59. The average molecular weight is 439 g/mol. The van der Waals surface area contributed by atoms with Crippen molar-refractivity contribution in [3.63, 3.8) is 0 Å². The fourth-order valence-electron chi connectivity index (χ4n) is 4.21. The van der Waals surface area contributed by atoms with Gasteiger partial charge in [0.1, 0.15) is 17.0 Å². The first-order chi connectivity index (χ1) is 14.7. The van der Waals surface area contributed by atoms with Gasteiger partial charge < -0.3 is 15.2 Å². The van der Waals surface area contributed by atoms with Crippen molar-refractivity contribution in [3.05, 3.63) is 35.4 Å². The predicted molar refractivity (Wildman–Crippen MR) is 117 cm³/mol. The molecule has 2 aliphatic heterocycles. The summed E-state index contributed by atoms with van der Waals surface area (Å²) in [6, 6.07) is 2.50. The van der Waals surface area contributed by atoms with Crippen LogP contribution in [0.3, 0.4) is 0 Å². The van der Waals surface area contributed by atoms with Gasteiger partial charge in [-0.05, 0) is 24.2 Å². The predicted octanol–water partition coefficient (Wildman–Crippen LogP) is 3.07. The lowest BCUT2D eigenvalue weighted by molar-refractivity contribution is 0.297. The molecule has 0 radical (unpaired) electrons. The topological polar surface area (TPSA) is 95.5 Å². The van der Waals surface area contributed by atoms with Crippen LogP contribution in [-0.4, -0.2) is 55.6 Å². The molecule has 0 bridgehead atoms. The number of aromatic nitrogens is 6. The largest absolute Gasteiger partial charge is 0.354 e. The molecule has 0 spiro atoms. The second kappa shape index (κ2) is 7.04. The van der Waals surface area contributed by atoms with E-state index >= 15 is 0 Å². The number of halogens is 1. The Morgan fingerprint density at radius 1 is 1.20 bits per heavy atom. The summed E-state index contributed by atoms with van der Waals surface area (Å²) in [5, 5.41) is 5.82.